The number of nitrogens with one attached hydrogen (secondary N) is 5. The van der Waals surface area contributed by atoms with E-state index < -0.39 is 23.7 Å². The number of rotatable bonds is 32. The zero-order chi connectivity index (χ0) is 46.6. The van der Waals surface area contributed by atoms with Crippen LogP contribution in [0.3, 0.4) is 0 Å². The number of aliphatic hydroxyl groups is 3. The summed E-state index contributed by atoms with van der Waals surface area (Å²) >= 11 is 0. The largest absolute Gasteiger partial charge is 0.389 e. The summed E-state index contributed by atoms with van der Waals surface area (Å²) in [6.07, 6.45) is 0.921. The Hall–Kier alpha value is -0.800. The second-order valence-corrected chi connectivity index (χ2v) is 19.3. The Balaban J connectivity index is 0.000000289. The van der Waals surface area contributed by atoms with Gasteiger partial charge >= 0.3 is 0 Å². The van der Waals surface area contributed by atoms with Crippen LogP contribution in [0.4, 0.5) is 0 Å². The van der Waals surface area contributed by atoms with Crippen LogP contribution in [0.2, 0.25) is 0 Å². The average Bonchev–Trinajstić information content (AvgIpc) is 4.19. The summed E-state index contributed by atoms with van der Waals surface area (Å²) < 4.78 is 51.1. The molecule has 7 saturated heterocycles. The number of epoxide rings is 3. The van der Waals surface area contributed by atoms with Gasteiger partial charge in [0, 0.05) is 135 Å². The molecule has 20 heteroatoms. The Morgan fingerprint density at radius 2 is 0.672 bits per heavy atom. The molecule has 0 radical (unpaired) electrons. The van der Waals surface area contributed by atoms with Gasteiger partial charge in [0.1, 0.15) is 18.3 Å². The lowest BCUT2D eigenvalue weighted by Gasteiger charge is -2.34. The predicted octanol–water partition coefficient (Wildman–Crippen LogP) is -2.32. The van der Waals surface area contributed by atoms with Crippen LogP contribution in [0.1, 0.15) is 34.1 Å². The van der Waals surface area contributed by atoms with E-state index in [1.165, 1.54) is 0 Å². The molecule has 0 saturated carbocycles. The maximum atomic E-state index is 10.5. The van der Waals surface area contributed by atoms with Crippen LogP contribution in [0.25, 0.3) is 0 Å². The number of hydrogen-bond acceptors (Lipinski definition) is 20. The van der Waals surface area contributed by atoms with Gasteiger partial charge in [-0.15, -0.1) is 0 Å². The van der Waals surface area contributed by atoms with Gasteiger partial charge in [0.2, 0.25) is 0 Å². The van der Waals surface area contributed by atoms with Crippen molar-refractivity contribution in [1.29, 1.82) is 0 Å². The van der Waals surface area contributed by atoms with Crippen LogP contribution in [0.5, 0.6) is 0 Å². The van der Waals surface area contributed by atoms with E-state index >= 15 is 0 Å². The molecule has 7 rings (SSSR count). The molecule has 6 unspecified atom stereocenters. The van der Waals surface area contributed by atoms with Crippen molar-refractivity contribution in [3.05, 3.63) is 0 Å². The Morgan fingerprint density at radius 1 is 0.433 bits per heavy atom. The van der Waals surface area contributed by atoms with Gasteiger partial charge in [0.05, 0.1) is 117 Å². The molecule has 396 valence electrons. The molecule has 7 fully saturated rings. The van der Waals surface area contributed by atoms with Crippen molar-refractivity contribution in [2.24, 2.45) is 10.8 Å². The Morgan fingerprint density at radius 3 is 0.896 bits per heavy atom. The first-order valence-corrected chi connectivity index (χ1v) is 25.3. The SMILES string of the molecule is C.C1CNCCN1.CCC(COCC(O)CN1CCNCC1)(COCC(O)CN1CCNCC1)COCC(O)CN1CCNCC1.CCC(COCC1CO1)(COCC1CO1)COCC1CO1. The molecular formula is C47H96N8O12. The number of piperazine rings is 4. The lowest BCUT2D eigenvalue weighted by molar-refractivity contribution is -0.104. The molecule has 0 aliphatic carbocycles. The maximum Gasteiger partial charge on any atom is 0.104 e. The molecule has 0 aromatic rings. The number of nitrogens with zero attached hydrogens (tertiary/aromatic N) is 3. The third kappa shape index (κ3) is 27.0. The van der Waals surface area contributed by atoms with E-state index in [-0.39, 0.29) is 32.7 Å². The molecule has 0 spiro atoms. The Kier molecular flexibility index (Phi) is 30.3. The molecule has 7 aliphatic rings. The molecule has 20 nitrogen and oxygen atoms in total. The number of aliphatic hydroxyl groups excluding tert-OH is 3. The van der Waals surface area contributed by atoms with Crippen LogP contribution in [-0.4, -0.2) is 290 Å². The fourth-order valence-electron chi connectivity index (χ4n) is 8.15. The summed E-state index contributed by atoms with van der Waals surface area (Å²) in [6.45, 7) is 30.2. The third-order valence-electron chi connectivity index (χ3n) is 13.0. The maximum absolute atomic E-state index is 10.5. The highest BCUT2D eigenvalue weighted by Gasteiger charge is 2.35. The van der Waals surface area contributed by atoms with Gasteiger partial charge in [-0.1, -0.05) is 21.3 Å². The topological polar surface area (TPSA) is 224 Å². The molecule has 8 N–H and O–H groups in total. The fraction of sp³-hybridized carbons (Fsp3) is 1.00. The Bertz CT molecular complexity index is 1060. The van der Waals surface area contributed by atoms with Gasteiger partial charge in [-0.3, -0.25) is 14.7 Å². The monoisotopic (exact) mass is 965 g/mol. The zero-order valence-corrected chi connectivity index (χ0v) is 40.8. The van der Waals surface area contributed by atoms with Crippen molar-refractivity contribution in [1.82, 2.24) is 41.3 Å². The van der Waals surface area contributed by atoms with Crippen molar-refractivity contribution in [3.8, 4) is 0 Å². The van der Waals surface area contributed by atoms with Crippen LogP contribution in [0.15, 0.2) is 0 Å². The molecule has 0 amide bonds. The van der Waals surface area contributed by atoms with Crippen molar-refractivity contribution in [3.63, 3.8) is 0 Å². The minimum absolute atomic E-state index is 0. The zero-order valence-electron chi connectivity index (χ0n) is 40.8. The predicted molar refractivity (Wildman–Crippen MR) is 258 cm³/mol. The van der Waals surface area contributed by atoms with Crippen molar-refractivity contribution in [2.75, 3.05) is 223 Å². The van der Waals surface area contributed by atoms with E-state index in [2.05, 4.69) is 55.1 Å². The molecular weight excluding hydrogens is 869 g/mol. The minimum Gasteiger partial charge on any atom is -0.389 e. The van der Waals surface area contributed by atoms with E-state index in [1.54, 1.807) is 0 Å². The quantitative estimate of drug-likeness (QED) is 0.0332. The molecule has 0 aromatic carbocycles. The smallest absolute Gasteiger partial charge is 0.104 e. The summed E-state index contributed by atoms with van der Waals surface area (Å²) in [4.78, 5) is 6.76. The summed E-state index contributed by atoms with van der Waals surface area (Å²) in [5.74, 6) is 0. The van der Waals surface area contributed by atoms with Gasteiger partial charge in [-0.2, -0.15) is 0 Å². The minimum atomic E-state index is -0.554. The molecule has 0 bridgehead atoms. The lowest BCUT2D eigenvalue weighted by atomic mass is 9.88. The van der Waals surface area contributed by atoms with E-state index in [4.69, 9.17) is 42.6 Å². The first-order chi connectivity index (χ1) is 32.3. The highest BCUT2D eigenvalue weighted by atomic mass is 16.6. The fourth-order valence-corrected chi connectivity index (χ4v) is 8.15. The Labute approximate surface area is 403 Å². The second kappa shape index (κ2) is 34.5. The molecule has 7 aliphatic heterocycles. The average molecular weight is 965 g/mol. The molecule has 7 heterocycles. The van der Waals surface area contributed by atoms with Crippen molar-refractivity contribution >= 4 is 0 Å². The third-order valence-corrected chi connectivity index (χ3v) is 13.0. The first kappa shape index (κ1) is 58.8. The summed E-state index contributed by atoms with van der Waals surface area (Å²) in [5, 5.41) is 48.1. The van der Waals surface area contributed by atoms with Crippen LogP contribution in [0, 0.1) is 10.8 Å². The van der Waals surface area contributed by atoms with Gasteiger partial charge < -0.3 is 84.5 Å². The summed E-state index contributed by atoms with van der Waals surface area (Å²) in [5.41, 5.74) is -0.531. The molecule has 0 aromatic heterocycles. The normalized spacial score (nSPS) is 26.6. The second-order valence-electron chi connectivity index (χ2n) is 19.3. The van der Waals surface area contributed by atoms with E-state index in [0.717, 1.165) is 137 Å². The van der Waals surface area contributed by atoms with Gasteiger partial charge in [-0.05, 0) is 12.8 Å². The van der Waals surface area contributed by atoms with E-state index in [1.807, 2.05) is 0 Å². The summed E-state index contributed by atoms with van der Waals surface area (Å²) in [6, 6.07) is 0. The standard InChI is InChI=1S/C27H56N6O6.C15H26O6.C4H10N2.CH4/c1-2-27(21-37-18-24(34)15-31-9-3-28-4-10-31,22-38-19-25(35)16-32-11-5-29-6-12-32)23-39-20-26(36)17-33-13-7-30-8-14-33;1-2-15(9-16-3-12-6-19-12,10-17-4-13-7-20-13)11-18-5-14-8-21-14;1-2-6-4-3-5-1;/h24-26,28-30,34-36H,2-23H2,1H3;12-14H,2-11H2,1H3;5-6H,1-4H2;1H4. The van der Waals surface area contributed by atoms with Crippen LogP contribution >= 0.6 is 0 Å². The number of β-amino-alcohol motifs (C(OH)–C–C–N with tert-alkyl or cyclic N) is 3. The van der Waals surface area contributed by atoms with Gasteiger partial charge in [-0.25, -0.2) is 0 Å². The van der Waals surface area contributed by atoms with Crippen LogP contribution < -0.4 is 26.6 Å². The lowest BCUT2D eigenvalue weighted by Crippen LogP contribution is -2.48. The van der Waals surface area contributed by atoms with Gasteiger partial charge in [0.25, 0.3) is 0 Å². The highest BCUT2D eigenvalue weighted by molar-refractivity contribution is 4.82. The molecule has 6 atom stereocenters. The van der Waals surface area contributed by atoms with Crippen molar-refractivity contribution in [2.45, 2.75) is 70.7 Å². The van der Waals surface area contributed by atoms with Gasteiger partial charge in [0.15, 0.2) is 0 Å². The van der Waals surface area contributed by atoms with E-state index in [0.29, 0.717) is 97.4 Å². The first-order valence-electron chi connectivity index (χ1n) is 25.3. The number of hydrogen-bond donors (Lipinski definition) is 8. The summed E-state index contributed by atoms with van der Waals surface area (Å²) in [7, 11) is 0. The highest BCUT2D eigenvalue weighted by Crippen LogP contribution is 2.27. The van der Waals surface area contributed by atoms with Crippen LogP contribution in [-0.2, 0) is 42.6 Å². The van der Waals surface area contributed by atoms with Crippen molar-refractivity contribution < 1.29 is 58.0 Å². The van der Waals surface area contributed by atoms with E-state index in [9.17, 15) is 15.3 Å². The molecule has 67 heavy (non-hydrogen) atoms. The number of ether oxygens (including phenoxy) is 9.